The van der Waals surface area contributed by atoms with Gasteiger partial charge in [-0.25, -0.2) is 0 Å². The number of Topliss-reactive ketones (excluding diaryl/α,β-unsaturated/α-hetero) is 1. The van der Waals surface area contributed by atoms with Crippen molar-refractivity contribution in [2.45, 2.75) is 56.9 Å². The Kier molecular flexibility index (Phi) is 2.41. The van der Waals surface area contributed by atoms with Gasteiger partial charge in [-0.3, -0.25) is 4.79 Å². The maximum Gasteiger partial charge on any atom is 0.134 e. The van der Waals surface area contributed by atoms with Crippen LogP contribution in [0.5, 0.6) is 0 Å². The molecule has 2 N–H and O–H groups in total. The molecule has 0 heterocycles. The Morgan fingerprint density at radius 1 is 1.38 bits per heavy atom. The fourth-order valence-corrected chi connectivity index (χ4v) is 2.06. The van der Waals surface area contributed by atoms with Crippen LogP contribution in [0.3, 0.4) is 0 Å². The van der Waals surface area contributed by atoms with Gasteiger partial charge < -0.3 is 5.73 Å². The number of hydrogen-bond donors (Lipinski definition) is 1. The smallest absolute Gasteiger partial charge is 0.134 e. The normalized spacial score (nSPS) is 25.3. The molecule has 0 amide bonds. The summed E-state index contributed by atoms with van der Waals surface area (Å²) < 4.78 is 0. The van der Waals surface area contributed by atoms with Crippen LogP contribution in [0.15, 0.2) is 0 Å². The van der Waals surface area contributed by atoms with Crippen molar-refractivity contribution in [1.82, 2.24) is 0 Å². The Labute approximate surface area is 79.9 Å². The standard InChI is InChI=1S/C11H19NO/c12-11(6-1-7-11)8-10(13)5-4-9-2-3-9/h9H,1-8,12H2. The average molecular weight is 181 g/mol. The van der Waals surface area contributed by atoms with Crippen molar-refractivity contribution in [3.8, 4) is 0 Å². The van der Waals surface area contributed by atoms with Crippen molar-refractivity contribution < 1.29 is 4.79 Å². The van der Waals surface area contributed by atoms with Crippen LogP contribution in [0.4, 0.5) is 0 Å². The molecule has 0 atom stereocenters. The molecular formula is C11H19NO. The van der Waals surface area contributed by atoms with Gasteiger partial charge in [-0.1, -0.05) is 12.8 Å². The number of ketones is 1. The Hall–Kier alpha value is -0.370. The largest absolute Gasteiger partial charge is 0.325 e. The first-order chi connectivity index (χ1) is 6.18. The molecule has 0 aromatic heterocycles. The van der Waals surface area contributed by atoms with Gasteiger partial charge in [-0.15, -0.1) is 0 Å². The molecule has 0 spiro atoms. The molecule has 13 heavy (non-hydrogen) atoms. The first-order valence-electron chi connectivity index (χ1n) is 5.49. The third kappa shape index (κ3) is 2.53. The molecule has 0 radical (unpaired) electrons. The summed E-state index contributed by atoms with van der Waals surface area (Å²) in [4.78, 5) is 11.5. The van der Waals surface area contributed by atoms with Crippen molar-refractivity contribution in [3.63, 3.8) is 0 Å². The van der Waals surface area contributed by atoms with Gasteiger partial charge in [0, 0.05) is 18.4 Å². The lowest BCUT2D eigenvalue weighted by Crippen LogP contribution is -2.48. The zero-order valence-electron chi connectivity index (χ0n) is 8.22. The van der Waals surface area contributed by atoms with E-state index in [1.807, 2.05) is 0 Å². The number of rotatable bonds is 5. The predicted molar refractivity (Wildman–Crippen MR) is 52.4 cm³/mol. The van der Waals surface area contributed by atoms with Gasteiger partial charge in [0.25, 0.3) is 0 Å². The van der Waals surface area contributed by atoms with Crippen LogP contribution in [0.1, 0.15) is 51.4 Å². The van der Waals surface area contributed by atoms with Crippen LogP contribution in [-0.4, -0.2) is 11.3 Å². The second-order valence-electron chi connectivity index (χ2n) is 4.91. The van der Waals surface area contributed by atoms with Gasteiger partial charge in [0.15, 0.2) is 0 Å². The molecule has 74 valence electrons. The molecule has 0 aromatic rings. The SMILES string of the molecule is NC1(CC(=O)CCC2CC2)CCC1. The molecule has 2 nitrogen and oxygen atoms in total. The zero-order chi connectivity index (χ0) is 9.31. The quantitative estimate of drug-likeness (QED) is 0.705. The highest BCUT2D eigenvalue weighted by Crippen LogP contribution is 2.36. The lowest BCUT2D eigenvalue weighted by atomic mass is 9.74. The van der Waals surface area contributed by atoms with Gasteiger partial charge in [0.05, 0.1) is 0 Å². The summed E-state index contributed by atoms with van der Waals surface area (Å²) in [7, 11) is 0. The summed E-state index contributed by atoms with van der Waals surface area (Å²) in [5.74, 6) is 1.27. The molecule has 2 aliphatic rings. The lowest BCUT2D eigenvalue weighted by Gasteiger charge is -2.37. The lowest BCUT2D eigenvalue weighted by molar-refractivity contribution is -0.121. The van der Waals surface area contributed by atoms with E-state index in [4.69, 9.17) is 5.73 Å². The highest BCUT2D eigenvalue weighted by Gasteiger charge is 2.34. The minimum atomic E-state index is -0.0966. The van der Waals surface area contributed by atoms with E-state index in [1.54, 1.807) is 0 Å². The summed E-state index contributed by atoms with van der Waals surface area (Å²) >= 11 is 0. The second-order valence-corrected chi connectivity index (χ2v) is 4.91. The number of carbonyl (C=O) groups excluding carboxylic acids is 1. The van der Waals surface area contributed by atoms with E-state index in [9.17, 15) is 4.79 Å². The topological polar surface area (TPSA) is 43.1 Å². The fourth-order valence-electron chi connectivity index (χ4n) is 2.06. The minimum absolute atomic E-state index is 0.0966. The highest BCUT2D eigenvalue weighted by atomic mass is 16.1. The first kappa shape index (κ1) is 9.20. The number of carbonyl (C=O) groups is 1. The molecule has 2 heteroatoms. The molecule has 0 saturated heterocycles. The van der Waals surface area contributed by atoms with Crippen molar-refractivity contribution in [2.24, 2.45) is 11.7 Å². The van der Waals surface area contributed by atoms with Crippen LogP contribution in [0, 0.1) is 5.92 Å². The van der Waals surface area contributed by atoms with Crippen molar-refractivity contribution >= 4 is 5.78 Å². The monoisotopic (exact) mass is 181 g/mol. The van der Waals surface area contributed by atoms with Gasteiger partial charge in [-0.2, -0.15) is 0 Å². The predicted octanol–water partition coefficient (Wildman–Crippen LogP) is 2.02. The van der Waals surface area contributed by atoms with Crippen LogP contribution in [-0.2, 0) is 4.79 Å². The van der Waals surface area contributed by atoms with E-state index in [2.05, 4.69) is 0 Å². The van der Waals surface area contributed by atoms with Gasteiger partial charge >= 0.3 is 0 Å². The van der Waals surface area contributed by atoms with E-state index in [1.165, 1.54) is 19.3 Å². The maximum absolute atomic E-state index is 11.5. The van der Waals surface area contributed by atoms with Gasteiger partial charge in [0.2, 0.25) is 0 Å². The fraction of sp³-hybridized carbons (Fsp3) is 0.909. The Morgan fingerprint density at radius 3 is 2.54 bits per heavy atom. The van der Waals surface area contributed by atoms with Gasteiger partial charge in [-0.05, 0) is 31.6 Å². The van der Waals surface area contributed by atoms with Crippen LogP contribution < -0.4 is 5.73 Å². The molecule has 2 fully saturated rings. The average Bonchev–Trinajstić information content (AvgIpc) is 2.81. The molecule has 0 aromatic carbocycles. The highest BCUT2D eigenvalue weighted by molar-refractivity contribution is 5.79. The number of hydrogen-bond acceptors (Lipinski definition) is 2. The Balaban J connectivity index is 1.64. The van der Waals surface area contributed by atoms with E-state index in [0.717, 1.165) is 31.6 Å². The molecule has 2 rings (SSSR count). The van der Waals surface area contributed by atoms with Crippen molar-refractivity contribution in [1.29, 1.82) is 0 Å². The molecule has 0 unspecified atom stereocenters. The molecular weight excluding hydrogens is 162 g/mol. The molecule has 0 aliphatic heterocycles. The van der Waals surface area contributed by atoms with Gasteiger partial charge in [0.1, 0.15) is 5.78 Å². The first-order valence-corrected chi connectivity index (χ1v) is 5.49. The summed E-state index contributed by atoms with van der Waals surface area (Å²) in [6, 6.07) is 0. The Morgan fingerprint density at radius 2 is 2.08 bits per heavy atom. The maximum atomic E-state index is 11.5. The molecule has 0 bridgehead atoms. The Bertz CT molecular complexity index is 204. The summed E-state index contributed by atoms with van der Waals surface area (Å²) in [5.41, 5.74) is 5.91. The van der Waals surface area contributed by atoms with Crippen LogP contribution >= 0.6 is 0 Å². The summed E-state index contributed by atoms with van der Waals surface area (Å²) in [5, 5.41) is 0. The summed E-state index contributed by atoms with van der Waals surface area (Å²) in [6.45, 7) is 0. The molecule has 2 aliphatic carbocycles. The third-order valence-electron chi connectivity index (χ3n) is 3.43. The number of nitrogens with two attached hydrogens (primary N) is 1. The minimum Gasteiger partial charge on any atom is -0.325 e. The van der Waals surface area contributed by atoms with Crippen molar-refractivity contribution in [2.75, 3.05) is 0 Å². The van der Waals surface area contributed by atoms with E-state index < -0.39 is 0 Å². The zero-order valence-corrected chi connectivity index (χ0v) is 8.22. The van der Waals surface area contributed by atoms with E-state index in [0.29, 0.717) is 12.2 Å². The second kappa shape index (κ2) is 3.41. The third-order valence-corrected chi connectivity index (χ3v) is 3.43. The van der Waals surface area contributed by atoms with Crippen LogP contribution in [0.25, 0.3) is 0 Å². The van der Waals surface area contributed by atoms with E-state index >= 15 is 0 Å². The van der Waals surface area contributed by atoms with Crippen molar-refractivity contribution in [3.05, 3.63) is 0 Å². The van der Waals surface area contributed by atoms with E-state index in [-0.39, 0.29) is 5.54 Å². The molecule has 2 saturated carbocycles. The summed E-state index contributed by atoms with van der Waals surface area (Å²) in [6.07, 6.45) is 8.57. The van der Waals surface area contributed by atoms with Crippen LogP contribution in [0.2, 0.25) is 0 Å².